The van der Waals surface area contributed by atoms with Crippen molar-refractivity contribution in [2.45, 2.75) is 25.3 Å². The van der Waals surface area contributed by atoms with Gasteiger partial charge in [-0.3, -0.25) is 4.79 Å². The van der Waals surface area contributed by atoms with Gasteiger partial charge in [-0.1, -0.05) is 60.7 Å². The Morgan fingerprint density at radius 1 is 0.905 bits per heavy atom. The number of esters is 1. The van der Waals surface area contributed by atoms with Crippen molar-refractivity contribution < 1.29 is 9.53 Å². The second kappa shape index (κ2) is 8.22. The molecule has 0 heterocycles. The van der Waals surface area contributed by atoms with Crippen molar-refractivity contribution in [2.75, 3.05) is 6.61 Å². The molecule has 0 saturated carbocycles. The van der Waals surface area contributed by atoms with Crippen LogP contribution in [0, 0.1) is 0 Å². The van der Waals surface area contributed by atoms with Crippen LogP contribution in [0.15, 0.2) is 60.7 Å². The van der Waals surface area contributed by atoms with Crippen LogP contribution in [0.2, 0.25) is 0 Å². The maximum atomic E-state index is 11.8. The summed E-state index contributed by atoms with van der Waals surface area (Å²) >= 11 is 0. The highest BCUT2D eigenvalue weighted by molar-refractivity contribution is 5.75. The third kappa shape index (κ3) is 5.40. The lowest BCUT2D eigenvalue weighted by molar-refractivity contribution is -0.145. The predicted molar refractivity (Wildman–Crippen MR) is 83.8 cm³/mol. The Kier molecular flexibility index (Phi) is 5.98. The molecule has 0 aliphatic heterocycles. The van der Waals surface area contributed by atoms with Crippen molar-refractivity contribution in [1.82, 2.24) is 0 Å². The van der Waals surface area contributed by atoms with Gasteiger partial charge in [-0.05, 0) is 24.0 Å². The van der Waals surface area contributed by atoms with Crippen LogP contribution in [0.3, 0.4) is 0 Å². The highest BCUT2D eigenvalue weighted by atomic mass is 16.5. The fraction of sp³-hybridized carbons (Fsp3) is 0.278. The number of hydrogen-bond acceptors (Lipinski definition) is 3. The number of carbonyl (C=O) groups is 1. The molecule has 0 amide bonds. The highest BCUT2D eigenvalue weighted by Gasteiger charge is 2.14. The first-order valence-corrected chi connectivity index (χ1v) is 7.26. The Labute approximate surface area is 125 Å². The van der Waals surface area contributed by atoms with E-state index in [2.05, 4.69) is 0 Å². The molecule has 0 aliphatic rings. The van der Waals surface area contributed by atoms with Gasteiger partial charge in [0.25, 0.3) is 0 Å². The summed E-state index contributed by atoms with van der Waals surface area (Å²) in [6.07, 6.45) is 2.11. The Balaban J connectivity index is 1.68. The van der Waals surface area contributed by atoms with E-state index in [0.717, 1.165) is 18.4 Å². The van der Waals surface area contributed by atoms with Crippen LogP contribution >= 0.6 is 0 Å². The van der Waals surface area contributed by atoms with Crippen LogP contribution in [0.5, 0.6) is 0 Å². The Morgan fingerprint density at radius 2 is 1.43 bits per heavy atom. The van der Waals surface area contributed by atoms with Crippen molar-refractivity contribution in [1.29, 1.82) is 0 Å². The maximum absolute atomic E-state index is 11.8. The lowest BCUT2D eigenvalue weighted by Crippen LogP contribution is -2.33. The third-order valence-corrected chi connectivity index (χ3v) is 3.37. The number of benzene rings is 2. The Hall–Kier alpha value is -2.13. The Bertz CT molecular complexity index is 540. The minimum absolute atomic E-state index is 0.318. The van der Waals surface area contributed by atoms with Gasteiger partial charge in [-0.25, -0.2) is 0 Å². The average Bonchev–Trinajstić information content (AvgIpc) is 2.54. The molecule has 2 N–H and O–H groups in total. The molecule has 2 aromatic rings. The Morgan fingerprint density at radius 3 is 2.00 bits per heavy atom. The molecule has 0 aliphatic carbocycles. The number of hydrogen-bond donors (Lipinski definition) is 1. The summed E-state index contributed by atoms with van der Waals surface area (Å²) in [5.41, 5.74) is 8.21. The molecule has 0 fully saturated rings. The zero-order valence-electron chi connectivity index (χ0n) is 12.1. The van der Waals surface area contributed by atoms with Crippen molar-refractivity contribution in [3.05, 3.63) is 71.8 Å². The van der Waals surface area contributed by atoms with E-state index < -0.39 is 6.04 Å². The fourth-order valence-electron chi connectivity index (χ4n) is 2.11. The molecule has 1 atom stereocenters. The molecule has 0 unspecified atom stereocenters. The topological polar surface area (TPSA) is 52.3 Å². The van der Waals surface area contributed by atoms with Gasteiger partial charge in [-0.15, -0.1) is 0 Å². The molecule has 2 rings (SSSR count). The molecule has 110 valence electrons. The molecule has 21 heavy (non-hydrogen) atoms. The maximum Gasteiger partial charge on any atom is 0.322 e. The zero-order chi connectivity index (χ0) is 14.9. The van der Waals surface area contributed by atoms with Gasteiger partial charge in [0.1, 0.15) is 6.04 Å². The van der Waals surface area contributed by atoms with Crippen LogP contribution in [0.25, 0.3) is 0 Å². The summed E-state index contributed by atoms with van der Waals surface area (Å²) in [4.78, 5) is 11.8. The first-order valence-electron chi connectivity index (χ1n) is 7.26. The largest absolute Gasteiger partial charge is 0.464 e. The van der Waals surface area contributed by atoms with E-state index in [4.69, 9.17) is 10.5 Å². The first kappa shape index (κ1) is 15.3. The number of carbonyl (C=O) groups excluding carboxylic acids is 1. The number of aryl methyl sites for hydroxylation is 1. The van der Waals surface area contributed by atoms with E-state index in [9.17, 15) is 4.79 Å². The van der Waals surface area contributed by atoms with E-state index in [1.54, 1.807) is 0 Å². The van der Waals surface area contributed by atoms with E-state index in [-0.39, 0.29) is 5.97 Å². The molecule has 0 spiro atoms. The van der Waals surface area contributed by atoms with Gasteiger partial charge >= 0.3 is 5.97 Å². The van der Waals surface area contributed by atoms with E-state index in [1.807, 2.05) is 60.7 Å². The summed E-state index contributed by atoms with van der Waals surface area (Å²) in [6, 6.07) is 19.4. The first-order chi connectivity index (χ1) is 10.3. The number of nitrogens with two attached hydrogens (primary N) is 1. The van der Waals surface area contributed by atoms with Crippen LogP contribution < -0.4 is 5.73 Å². The summed E-state index contributed by atoms with van der Waals surface area (Å²) in [5.74, 6) is -0.318. The van der Waals surface area contributed by atoms with Gasteiger partial charge in [-0.2, -0.15) is 0 Å². The number of rotatable bonds is 7. The van der Waals surface area contributed by atoms with Crippen molar-refractivity contribution >= 4 is 5.97 Å². The van der Waals surface area contributed by atoms with Gasteiger partial charge in [0.15, 0.2) is 0 Å². The average molecular weight is 283 g/mol. The van der Waals surface area contributed by atoms with Crippen molar-refractivity contribution in [3.8, 4) is 0 Å². The lowest BCUT2D eigenvalue weighted by Gasteiger charge is -2.11. The van der Waals surface area contributed by atoms with Crippen LogP contribution in [0.4, 0.5) is 0 Å². The van der Waals surface area contributed by atoms with Gasteiger partial charge in [0.05, 0.1) is 6.61 Å². The van der Waals surface area contributed by atoms with E-state index >= 15 is 0 Å². The molecule has 0 radical (unpaired) electrons. The van der Waals surface area contributed by atoms with Crippen molar-refractivity contribution in [2.24, 2.45) is 5.73 Å². The SMILES string of the molecule is N[C@@H](CCc1ccccc1)C(=O)OCCc1ccccc1. The van der Waals surface area contributed by atoms with E-state index in [0.29, 0.717) is 13.0 Å². The summed E-state index contributed by atoms with van der Waals surface area (Å²) in [5, 5.41) is 0. The summed E-state index contributed by atoms with van der Waals surface area (Å²) in [7, 11) is 0. The molecular weight excluding hydrogens is 262 g/mol. The molecule has 0 saturated heterocycles. The standard InChI is InChI=1S/C18H21NO2/c19-17(12-11-15-7-3-1-4-8-15)18(20)21-14-13-16-9-5-2-6-10-16/h1-10,17H,11-14,19H2/t17-/m0/s1. The minimum atomic E-state index is -0.555. The molecule has 0 aromatic heterocycles. The smallest absolute Gasteiger partial charge is 0.322 e. The van der Waals surface area contributed by atoms with Gasteiger partial charge in [0, 0.05) is 6.42 Å². The zero-order valence-corrected chi connectivity index (χ0v) is 12.1. The molecule has 3 heteroatoms. The highest BCUT2D eigenvalue weighted by Crippen LogP contribution is 2.05. The van der Waals surface area contributed by atoms with Crippen LogP contribution in [-0.4, -0.2) is 18.6 Å². The summed E-state index contributed by atoms with van der Waals surface area (Å²) in [6.45, 7) is 0.377. The van der Waals surface area contributed by atoms with Crippen LogP contribution in [0.1, 0.15) is 17.5 Å². The monoisotopic (exact) mass is 283 g/mol. The van der Waals surface area contributed by atoms with E-state index in [1.165, 1.54) is 5.56 Å². The predicted octanol–water partition coefficient (Wildman–Crippen LogP) is 2.73. The minimum Gasteiger partial charge on any atom is -0.464 e. The third-order valence-electron chi connectivity index (χ3n) is 3.37. The summed E-state index contributed by atoms with van der Waals surface area (Å²) < 4.78 is 5.23. The molecular formula is C18H21NO2. The lowest BCUT2D eigenvalue weighted by atomic mass is 10.1. The molecule has 2 aromatic carbocycles. The quantitative estimate of drug-likeness (QED) is 0.795. The fourth-order valence-corrected chi connectivity index (χ4v) is 2.11. The molecule has 0 bridgehead atoms. The second-order valence-corrected chi connectivity index (χ2v) is 5.03. The number of ether oxygens (including phenoxy) is 1. The van der Waals surface area contributed by atoms with Gasteiger partial charge in [0.2, 0.25) is 0 Å². The van der Waals surface area contributed by atoms with Crippen molar-refractivity contribution in [3.63, 3.8) is 0 Å². The van der Waals surface area contributed by atoms with Crippen LogP contribution in [-0.2, 0) is 22.4 Å². The normalized spacial score (nSPS) is 11.9. The second-order valence-electron chi connectivity index (χ2n) is 5.03. The molecule has 3 nitrogen and oxygen atoms in total. The van der Waals surface area contributed by atoms with Gasteiger partial charge < -0.3 is 10.5 Å².